The standard InChI is InChI=1S/C21H20N2O2/c1-13-11-18(22)19(24)12-16(13)20(25)23-21(9-10-21)17-8-4-6-14-5-2-3-7-15(14)17/h2-8,11-12,24H,9-10,22H2,1H3,(H,23,25). The molecule has 0 bridgehead atoms. The van der Waals surface area contributed by atoms with Gasteiger partial charge in [0.15, 0.2) is 0 Å². The van der Waals surface area contributed by atoms with E-state index in [2.05, 4.69) is 29.6 Å². The van der Waals surface area contributed by atoms with Gasteiger partial charge in [0, 0.05) is 5.56 Å². The Morgan fingerprint density at radius 1 is 1.12 bits per heavy atom. The Labute approximate surface area is 146 Å². The second-order valence-electron chi connectivity index (χ2n) is 6.79. The Hall–Kier alpha value is -3.01. The molecular weight excluding hydrogens is 312 g/mol. The van der Waals surface area contributed by atoms with Crippen LogP contribution in [0.15, 0.2) is 54.6 Å². The second kappa shape index (κ2) is 5.52. The zero-order valence-electron chi connectivity index (χ0n) is 14.0. The number of nitrogens with two attached hydrogens (primary N) is 1. The van der Waals surface area contributed by atoms with Gasteiger partial charge in [-0.1, -0.05) is 42.5 Å². The van der Waals surface area contributed by atoms with Crippen molar-refractivity contribution in [2.45, 2.75) is 25.3 Å². The Balaban J connectivity index is 1.71. The van der Waals surface area contributed by atoms with Crippen molar-refractivity contribution in [1.29, 1.82) is 0 Å². The number of rotatable bonds is 3. The lowest BCUT2D eigenvalue weighted by Gasteiger charge is -2.21. The zero-order chi connectivity index (χ0) is 17.6. The molecule has 0 spiro atoms. The number of aromatic hydroxyl groups is 1. The number of hydrogen-bond donors (Lipinski definition) is 3. The number of phenols is 1. The Morgan fingerprint density at radius 2 is 1.84 bits per heavy atom. The maximum Gasteiger partial charge on any atom is 0.252 e. The number of hydrogen-bond acceptors (Lipinski definition) is 3. The highest BCUT2D eigenvalue weighted by Crippen LogP contribution is 2.48. The molecule has 0 atom stereocenters. The predicted molar refractivity (Wildman–Crippen MR) is 99.6 cm³/mol. The van der Waals surface area contributed by atoms with Crippen molar-refractivity contribution >= 4 is 22.4 Å². The summed E-state index contributed by atoms with van der Waals surface area (Å²) in [4.78, 5) is 12.8. The quantitative estimate of drug-likeness (QED) is 0.504. The number of carbonyl (C=O) groups excluding carboxylic acids is 1. The van der Waals surface area contributed by atoms with Crippen LogP contribution in [-0.4, -0.2) is 11.0 Å². The van der Waals surface area contributed by atoms with Crippen LogP contribution in [0.2, 0.25) is 0 Å². The molecule has 0 unspecified atom stereocenters. The molecule has 1 amide bonds. The number of nitrogens with one attached hydrogen (secondary N) is 1. The third-order valence-corrected chi connectivity index (χ3v) is 5.03. The number of fused-ring (bicyclic) bond motifs is 1. The van der Waals surface area contributed by atoms with Gasteiger partial charge in [-0.2, -0.15) is 0 Å². The van der Waals surface area contributed by atoms with Crippen LogP contribution in [0.3, 0.4) is 0 Å². The Kier molecular flexibility index (Phi) is 3.42. The van der Waals surface area contributed by atoms with E-state index in [1.165, 1.54) is 16.8 Å². The molecule has 0 radical (unpaired) electrons. The van der Waals surface area contributed by atoms with E-state index < -0.39 is 0 Å². The molecule has 126 valence electrons. The average molecular weight is 332 g/mol. The van der Waals surface area contributed by atoms with Crippen LogP contribution < -0.4 is 11.1 Å². The molecule has 1 aliphatic carbocycles. The van der Waals surface area contributed by atoms with E-state index in [1.807, 2.05) is 25.1 Å². The number of nitrogen functional groups attached to an aromatic ring is 1. The van der Waals surface area contributed by atoms with Crippen LogP contribution in [0.5, 0.6) is 5.75 Å². The van der Waals surface area contributed by atoms with Gasteiger partial charge in [0.2, 0.25) is 0 Å². The fourth-order valence-electron chi connectivity index (χ4n) is 3.48. The van der Waals surface area contributed by atoms with Crippen LogP contribution in [0.4, 0.5) is 5.69 Å². The molecular formula is C21H20N2O2. The van der Waals surface area contributed by atoms with Gasteiger partial charge < -0.3 is 16.2 Å². The van der Waals surface area contributed by atoms with Gasteiger partial charge in [-0.15, -0.1) is 0 Å². The first-order valence-corrected chi connectivity index (χ1v) is 8.40. The van der Waals surface area contributed by atoms with Gasteiger partial charge in [-0.05, 0) is 53.8 Å². The number of carbonyl (C=O) groups is 1. The third-order valence-electron chi connectivity index (χ3n) is 5.03. The first-order chi connectivity index (χ1) is 12.0. The number of benzene rings is 3. The van der Waals surface area contributed by atoms with E-state index >= 15 is 0 Å². The fraction of sp³-hybridized carbons (Fsp3) is 0.190. The predicted octanol–water partition coefficient (Wildman–Crippen LogP) is 3.86. The van der Waals surface area contributed by atoms with Crippen LogP contribution in [0.25, 0.3) is 10.8 Å². The van der Waals surface area contributed by atoms with Crippen molar-refractivity contribution < 1.29 is 9.90 Å². The Bertz CT molecular complexity index is 985. The number of aryl methyl sites for hydroxylation is 1. The normalized spacial score (nSPS) is 15.1. The van der Waals surface area contributed by atoms with E-state index in [4.69, 9.17) is 5.73 Å². The van der Waals surface area contributed by atoms with E-state index in [1.54, 1.807) is 6.07 Å². The van der Waals surface area contributed by atoms with Gasteiger partial charge in [-0.3, -0.25) is 4.79 Å². The summed E-state index contributed by atoms with van der Waals surface area (Å²) in [6.45, 7) is 1.82. The summed E-state index contributed by atoms with van der Waals surface area (Å²) >= 11 is 0. The summed E-state index contributed by atoms with van der Waals surface area (Å²) in [7, 11) is 0. The van der Waals surface area contributed by atoms with Crippen molar-refractivity contribution in [2.75, 3.05) is 5.73 Å². The second-order valence-corrected chi connectivity index (χ2v) is 6.79. The highest BCUT2D eigenvalue weighted by molar-refractivity contribution is 5.98. The minimum Gasteiger partial charge on any atom is -0.506 e. The first-order valence-electron chi connectivity index (χ1n) is 8.40. The third kappa shape index (κ3) is 2.60. The van der Waals surface area contributed by atoms with Crippen molar-refractivity contribution in [3.8, 4) is 5.75 Å². The topological polar surface area (TPSA) is 75.3 Å². The number of phenolic OH excluding ortho intramolecular Hbond substituents is 1. The molecule has 0 heterocycles. The van der Waals surface area contributed by atoms with Crippen molar-refractivity contribution in [2.24, 2.45) is 0 Å². The molecule has 4 nitrogen and oxygen atoms in total. The van der Waals surface area contributed by atoms with Crippen LogP contribution >= 0.6 is 0 Å². The SMILES string of the molecule is Cc1cc(N)c(O)cc1C(=O)NC1(c2cccc3ccccc23)CC1. The van der Waals surface area contributed by atoms with Gasteiger partial charge >= 0.3 is 0 Å². The summed E-state index contributed by atoms with van der Waals surface area (Å²) in [5.41, 5.74) is 8.01. The van der Waals surface area contributed by atoms with Crippen LogP contribution in [-0.2, 0) is 5.54 Å². The number of amides is 1. The van der Waals surface area contributed by atoms with Gasteiger partial charge in [-0.25, -0.2) is 0 Å². The van der Waals surface area contributed by atoms with Gasteiger partial charge in [0.1, 0.15) is 5.75 Å². The molecule has 1 saturated carbocycles. The summed E-state index contributed by atoms with van der Waals surface area (Å²) in [6, 6.07) is 17.5. The van der Waals surface area contributed by atoms with Crippen molar-refractivity contribution in [1.82, 2.24) is 5.32 Å². The van der Waals surface area contributed by atoms with Crippen LogP contribution in [0, 0.1) is 6.92 Å². The summed E-state index contributed by atoms with van der Waals surface area (Å²) in [5.74, 6) is -0.246. The average Bonchev–Trinajstić information content (AvgIpc) is 3.38. The maximum absolute atomic E-state index is 12.8. The summed E-state index contributed by atoms with van der Waals surface area (Å²) < 4.78 is 0. The van der Waals surface area contributed by atoms with E-state index in [0.29, 0.717) is 5.56 Å². The van der Waals surface area contributed by atoms with Crippen molar-refractivity contribution in [3.05, 3.63) is 71.3 Å². The lowest BCUT2D eigenvalue weighted by Crippen LogP contribution is -2.35. The fourth-order valence-corrected chi connectivity index (χ4v) is 3.48. The first kappa shape index (κ1) is 15.5. The molecule has 0 saturated heterocycles. The molecule has 3 aromatic rings. The minimum atomic E-state index is -0.332. The van der Waals surface area contributed by atoms with Gasteiger partial charge in [0.05, 0.1) is 11.2 Å². The van der Waals surface area contributed by atoms with Crippen LogP contribution in [0.1, 0.15) is 34.3 Å². The lowest BCUT2D eigenvalue weighted by atomic mass is 9.96. The molecule has 1 aliphatic rings. The van der Waals surface area contributed by atoms with E-state index in [0.717, 1.165) is 24.0 Å². The van der Waals surface area contributed by atoms with Gasteiger partial charge in [0.25, 0.3) is 5.91 Å². The Morgan fingerprint density at radius 3 is 2.60 bits per heavy atom. The maximum atomic E-state index is 12.8. The smallest absolute Gasteiger partial charge is 0.252 e. The molecule has 0 aliphatic heterocycles. The van der Waals surface area contributed by atoms with E-state index in [9.17, 15) is 9.90 Å². The molecule has 1 fully saturated rings. The molecule has 4 N–H and O–H groups in total. The monoisotopic (exact) mass is 332 g/mol. The zero-order valence-corrected chi connectivity index (χ0v) is 14.0. The molecule has 0 aromatic heterocycles. The molecule has 25 heavy (non-hydrogen) atoms. The van der Waals surface area contributed by atoms with E-state index in [-0.39, 0.29) is 22.9 Å². The minimum absolute atomic E-state index is 0.0641. The molecule has 4 heteroatoms. The number of anilines is 1. The molecule has 4 rings (SSSR count). The summed E-state index contributed by atoms with van der Waals surface area (Å²) in [6.07, 6.45) is 1.82. The summed E-state index contributed by atoms with van der Waals surface area (Å²) in [5, 5.41) is 15.4. The highest BCUT2D eigenvalue weighted by atomic mass is 16.3. The molecule has 3 aromatic carbocycles. The highest BCUT2D eigenvalue weighted by Gasteiger charge is 2.46. The lowest BCUT2D eigenvalue weighted by molar-refractivity contribution is 0.0930. The van der Waals surface area contributed by atoms with Crippen molar-refractivity contribution in [3.63, 3.8) is 0 Å². The largest absolute Gasteiger partial charge is 0.506 e.